The summed E-state index contributed by atoms with van der Waals surface area (Å²) in [6, 6.07) is 3.23. The Balaban J connectivity index is 2.47. The highest BCUT2D eigenvalue weighted by molar-refractivity contribution is 6.30. The standard InChI is InChI=1S/C9H11ClN2O2/c1-14-5-3-9(13)12-8-6-7(10)2-4-11-8/h2,4,6H,3,5H2,1H3,(H,11,12,13). The molecule has 1 aromatic rings. The van der Waals surface area contributed by atoms with E-state index >= 15 is 0 Å². The highest BCUT2D eigenvalue weighted by atomic mass is 35.5. The Hall–Kier alpha value is -1.13. The lowest BCUT2D eigenvalue weighted by Crippen LogP contribution is -2.14. The van der Waals surface area contributed by atoms with Crippen molar-refractivity contribution in [3.8, 4) is 0 Å². The van der Waals surface area contributed by atoms with Crippen LogP contribution in [0.5, 0.6) is 0 Å². The predicted molar refractivity (Wildman–Crippen MR) is 54.4 cm³/mol. The van der Waals surface area contributed by atoms with E-state index in [4.69, 9.17) is 16.3 Å². The van der Waals surface area contributed by atoms with Gasteiger partial charge in [0.15, 0.2) is 0 Å². The van der Waals surface area contributed by atoms with E-state index in [1.165, 1.54) is 6.20 Å². The summed E-state index contributed by atoms with van der Waals surface area (Å²) < 4.78 is 4.77. The second kappa shape index (κ2) is 5.57. The highest BCUT2D eigenvalue weighted by Crippen LogP contribution is 2.11. The molecule has 0 radical (unpaired) electrons. The van der Waals surface area contributed by atoms with Gasteiger partial charge in [-0.15, -0.1) is 0 Å². The lowest BCUT2D eigenvalue weighted by Gasteiger charge is -2.03. The van der Waals surface area contributed by atoms with Crippen molar-refractivity contribution in [2.24, 2.45) is 0 Å². The number of aromatic nitrogens is 1. The molecule has 1 N–H and O–H groups in total. The predicted octanol–water partition coefficient (Wildman–Crippen LogP) is 1.71. The molecule has 1 heterocycles. The molecule has 0 aliphatic heterocycles. The summed E-state index contributed by atoms with van der Waals surface area (Å²) in [6.45, 7) is 0.395. The molecule has 0 saturated heterocycles. The molecule has 0 fully saturated rings. The van der Waals surface area contributed by atoms with Crippen LogP contribution in [0.25, 0.3) is 0 Å². The number of hydrogen-bond donors (Lipinski definition) is 1. The van der Waals surface area contributed by atoms with E-state index in [9.17, 15) is 4.79 Å². The number of amides is 1. The summed E-state index contributed by atoms with van der Waals surface area (Å²) in [7, 11) is 1.55. The molecule has 76 valence electrons. The average molecular weight is 215 g/mol. The van der Waals surface area contributed by atoms with Gasteiger partial charge in [-0.25, -0.2) is 4.98 Å². The molecule has 5 heteroatoms. The molecule has 1 rings (SSSR count). The van der Waals surface area contributed by atoms with Gasteiger partial charge in [-0.05, 0) is 12.1 Å². The maximum atomic E-state index is 11.2. The summed E-state index contributed by atoms with van der Waals surface area (Å²) in [5.41, 5.74) is 0. The zero-order chi connectivity index (χ0) is 10.4. The monoisotopic (exact) mass is 214 g/mol. The first-order chi connectivity index (χ1) is 6.72. The van der Waals surface area contributed by atoms with E-state index in [-0.39, 0.29) is 5.91 Å². The first kappa shape index (κ1) is 10.9. The van der Waals surface area contributed by atoms with Crippen molar-refractivity contribution < 1.29 is 9.53 Å². The minimum atomic E-state index is -0.137. The van der Waals surface area contributed by atoms with Crippen LogP contribution in [-0.2, 0) is 9.53 Å². The molecule has 0 aliphatic rings. The first-order valence-corrected chi connectivity index (χ1v) is 4.50. The summed E-state index contributed by atoms with van der Waals surface area (Å²) in [6.07, 6.45) is 1.85. The topological polar surface area (TPSA) is 51.2 Å². The number of methoxy groups -OCH3 is 1. The fraction of sp³-hybridized carbons (Fsp3) is 0.333. The van der Waals surface area contributed by atoms with Gasteiger partial charge in [0.05, 0.1) is 13.0 Å². The van der Waals surface area contributed by atoms with Crippen molar-refractivity contribution >= 4 is 23.3 Å². The van der Waals surface area contributed by atoms with E-state index in [0.717, 1.165) is 0 Å². The van der Waals surface area contributed by atoms with Gasteiger partial charge in [0.1, 0.15) is 5.82 Å². The molecule has 0 spiro atoms. The van der Waals surface area contributed by atoms with E-state index in [1.807, 2.05) is 0 Å². The van der Waals surface area contributed by atoms with Crippen molar-refractivity contribution in [3.63, 3.8) is 0 Å². The zero-order valence-electron chi connectivity index (χ0n) is 7.79. The van der Waals surface area contributed by atoms with Crippen molar-refractivity contribution in [3.05, 3.63) is 23.4 Å². The molecule has 0 unspecified atom stereocenters. The third-order valence-electron chi connectivity index (χ3n) is 1.52. The van der Waals surface area contributed by atoms with Crippen LogP contribution in [0.4, 0.5) is 5.82 Å². The molecule has 0 aliphatic carbocycles. The minimum Gasteiger partial charge on any atom is -0.384 e. The van der Waals surface area contributed by atoms with Crippen LogP contribution >= 0.6 is 11.6 Å². The third kappa shape index (κ3) is 3.72. The second-order valence-corrected chi connectivity index (χ2v) is 3.09. The normalized spacial score (nSPS) is 9.86. The van der Waals surface area contributed by atoms with Gasteiger partial charge in [-0.3, -0.25) is 4.79 Å². The Morgan fingerprint density at radius 2 is 2.50 bits per heavy atom. The average Bonchev–Trinajstić information content (AvgIpc) is 2.15. The second-order valence-electron chi connectivity index (χ2n) is 2.65. The molecule has 4 nitrogen and oxygen atoms in total. The summed E-state index contributed by atoms with van der Waals surface area (Å²) in [5, 5.41) is 3.15. The number of carbonyl (C=O) groups excluding carboxylic acids is 1. The number of hydrogen-bond acceptors (Lipinski definition) is 3. The molecule has 1 aromatic heterocycles. The first-order valence-electron chi connectivity index (χ1n) is 4.12. The van der Waals surface area contributed by atoms with Gasteiger partial charge >= 0.3 is 0 Å². The molecule has 0 bridgehead atoms. The van der Waals surface area contributed by atoms with Gasteiger partial charge in [-0.2, -0.15) is 0 Å². The van der Waals surface area contributed by atoms with Gasteiger partial charge in [0.2, 0.25) is 5.91 Å². The molecule has 14 heavy (non-hydrogen) atoms. The quantitative estimate of drug-likeness (QED) is 0.830. The van der Waals surface area contributed by atoms with Crippen LogP contribution in [0.1, 0.15) is 6.42 Å². The van der Waals surface area contributed by atoms with Crippen molar-refractivity contribution in [2.75, 3.05) is 19.0 Å². The lowest BCUT2D eigenvalue weighted by atomic mass is 10.4. The Bertz CT molecular complexity index is 317. The number of carbonyl (C=O) groups is 1. The van der Waals surface area contributed by atoms with E-state index in [1.54, 1.807) is 19.2 Å². The fourth-order valence-electron chi connectivity index (χ4n) is 0.873. The van der Waals surface area contributed by atoms with Crippen molar-refractivity contribution in [1.82, 2.24) is 4.98 Å². The molecule has 0 atom stereocenters. The molecule has 0 saturated carbocycles. The van der Waals surface area contributed by atoms with Gasteiger partial charge in [-0.1, -0.05) is 11.6 Å². The fourth-order valence-corrected chi connectivity index (χ4v) is 1.03. The minimum absolute atomic E-state index is 0.137. The Labute approximate surface area is 87.2 Å². The smallest absolute Gasteiger partial charge is 0.227 e. The summed E-state index contributed by atoms with van der Waals surface area (Å²) >= 11 is 5.72. The molecular formula is C9H11ClN2O2. The summed E-state index contributed by atoms with van der Waals surface area (Å²) in [5.74, 6) is 0.320. The number of nitrogens with one attached hydrogen (secondary N) is 1. The maximum Gasteiger partial charge on any atom is 0.227 e. The number of rotatable bonds is 4. The van der Waals surface area contributed by atoms with E-state index < -0.39 is 0 Å². The van der Waals surface area contributed by atoms with Gasteiger partial charge < -0.3 is 10.1 Å². The Morgan fingerprint density at radius 1 is 1.71 bits per heavy atom. The van der Waals surface area contributed by atoms with Crippen molar-refractivity contribution in [1.29, 1.82) is 0 Å². The Kier molecular flexibility index (Phi) is 4.35. The highest BCUT2D eigenvalue weighted by Gasteiger charge is 2.02. The van der Waals surface area contributed by atoms with Crippen LogP contribution in [0.3, 0.4) is 0 Å². The maximum absolute atomic E-state index is 11.2. The number of halogens is 1. The zero-order valence-corrected chi connectivity index (χ0v) is 8.54. The largest absolute Gasteiger partial charge is 0.384 e. The molecule has 1 amide bonds. The van der Waals surface area contributed by atoms with Crippen LogP contribution in [0, 0.1) is 0 Å². The molecule has 0 aromatic carbocycles. The Morgan fingerprint density at radius 3 is 3.14 bits per heavy atom. The lowest BCUT2D eigenvalue weighted by molar-refractivity contribution is -0.117. The van der Waals surface area contributed by atoms with Crippen LogP contribution < -0.4 is 5.32 Å². The van der Waals surface area contributed by atoms with Crippen molar-refractivity contribution in [2.45, 2.75) is 6.42 Å². The van der Waals surface area contributed by atoms with Gasteiger partial charge in [0.25, 0.3) is 0 Å². The SMILES string of the molecule is COCCC(=O)Nc1cc(Cl)ccn1. The number of ether oxygens (including phenoxy) is 1. The van der Waals surface area contributed by atoms with E-state index in [2.05, 4.69) is 10.3 Å². The van der Waals surface area contributed by atoms with E-state index in [0.29, 0.717) is 23.9 Å². The number of anilines is 1. The van der Waals surface area contributed by atoms with Crippen LogP contribution in [0.2, 0.25) is 5.02 Å². The molecular weight excluding hydrogens is 204 g/mol. The summed E-state index contributed by atoms with van der Waals surface area (Å²) in [4.78, 5) is 15.1. The van der Waals surface area contributed by atoms with Crippen LogP contribution in [0.15, 0.2) is 18.3 Å². The van der Waals surface area contributed by atoms with Crippen LogP contribution in [-0.4, -0.2) is 24.6 Å². The third-order valence-corrected chi connectivity index (χ3v) is 1.76. The number of nitrogens with zero attached hydrogens (tertiary/aromatic N) is 1. The van der Waals surface area contributed by atoms with Gasteiger partial charge in [0, 0.05) is 18.3 Å². The number of pyridine rings is 1.